The zero-order valence-corrected chi connectivity index (χ0v) is 11.0. The van der Waals surface area contributed by atoms with Crippen LogP contribution in [-0.4, -0.2) is 25.2 Å². The molecular formula is C13H19ClN2O. The summed E-state index contributed by atoms with van der Waals surface area (Å²) in [5, 5.41) is 3.03. The van der Waals surface area contributed by atoms with Gasteiger partial charge in [-0.15, -0.1) is 0 Å². The molecule has 1 aliphatic heterocycles. The topological polar surface area (TPSA) is 24.5 Å². The van der Waals surface area contributed by atoms with E-state index < -0.39 is 0 Å². The Labute approximate surface area is 108 Å². The van der Waals surface area contributed by atoms with Gasteiger partial charge in [-0.2, -0.15) is 0 Å². The van der Waals surface area contributed by atoms with Gasteiger partial charge in [-0.25, -0.2) is 5.01 Å². The van der Waals surface area contributed by atoms with E-state index in [1.165, 1.54) is 19.3 Å². The smallest absolute Gasteiger partial charge is 0.124 e. The van der Waals surface area contributed by atoms with Crippen molar-refractivity contribution in [1.82, 2.24) is 10.4 Å². The van der Waals surface area contributed by atoms with E-state index >= 15 is 0 Å². The summed E-state index contributed by atoms with van der Waals surface area (Å²) >= 11 is 6.19. The number of nitrogens with zero attached hydrogens (tertiary/aromatic N) is 1. The Balaban J connectivity index is 1.97. The normalized spacial score (nSPS) is 17.1. The van der Waals surface area contributed by atoms with Crippen LogP contribution in [-0.2, 0) is 6.54 Å². The van der Waals surface area contributed by atoms with E-state index in [0.717, 1.165) is 36.0 Å². The minimum Gasteiger partial charge on any atom is -0.496 e. The average molecular weight is 255 g/mol. The summed E-state index contributed by atoms with van der Waals surface area (Å²) in [5.74, 6) is 0.849. The van der Waals surface area contributed by atoms with E-state index in [0.29, 0.717) is 0 Å². The SMILES string of the molecule is COc1cccc(Cl)c1CNN1CCCCC1. The Morgan fingerprint density at radius 2 is 2.06 bits per heavy atom. The number of hydrazine groups is 1. The lowest BCUT2D eigenvalue weighted by molar-refractivity contribution is 0.150. The Morgan fingerprint density at radius 1 is 1.29 bits per heavy atom. The van der Waals surface area contributed by atoms with Crippen molar-refractivity contribution < 1.29 is 4.74 Å². The highest BCUT2D eigenvalue weighted by Gasteiger charge is 2.12. The fourth-order valence-electron chi connectivity index (χ4n) is 2.14. The summed E-state index contributed by atoms with van der Waals surface area (Å²) in [6, 6.07) is 5.75. The summed E-state index contributed by atoms with van der Waals surface area (Å²) in [5.41, 5.74) is 4.45. The van der Waals surface area contributed by atoms with Gasteiger partial charge in [0, 0.05) is 30.2 Å². The van der Waals surface area contributed by atoms with Crippen molar-refractivity contribution in [2.45, 2.75) is 25.8 Å². The standard InChI is InChI=1S/C13H19ClN2O/c1-17-13-7-5-6-12(14)11(13)10-15-16-8-3-2-4-9-16/h5-7,15H,2-4,8-10H2,1H3. The number of nitrogens with one attached hydrogen (secondary N) is 1. The number of halogens is 1. The van der Waals surface area contributed by atoms with Crippen molar-refractivity contribution in [3.8, 4) is 5.75 Å². The first-order valence-corrected chi connectivity index (χ1v) is 6.49. The largest absolute Gasteiger partial charge is 0.496 e. The molecule has 1 aliphatic rings. The van der Waals surface area contributed by atoms with E-state index in [-0.39, 0.29) is 0 Å². The molecular weight excluding hydrogens is 236 g/mol. The molecule has 0 amide bonds. The van der Waals surface area contributed by atoms with Gasteiger partial charge < -0.3 is 4.74 Å². The third-order valence-electron chi connectivity index (χ3n) is 3.13. The van der Waals surface area contributed by atoms with Crippen molar-refractivity contribution in [3.63, 3.8) is 0 Å². The Morgan fingerprint density at radius 3 is 2.76 bits per heavy atom. The second-order valence-electron chi connectivity index (χ2n) is 4.30. The zero-order valence-electron chi connectivity index (χ0n) is 10.2. The molecule has 94 valence electrons. The van der Waals surface area contributed by atoms with Crippen LogP contribution in [0.3, 0.4) is 0 Å². The number of hydrogen-bond donors (Lipinski definition) is 1. The van der Waals surface area contributed by atoms with Gasteiger partial charge in [0.2, 0.25) is 0 Å². The highest BCUT2D eigenvalue weighted by molar-refractivity contribution is 6.31. The highest BCUT2D eigenvalue weighted by Crippen LogP contribution is 2.26. The molecule has 0 unspecified atom stereocenters. The summed E-state index contributed by atoms with van der Waals surface area (Å²) in [6.45, 7) is 2.96. The Bertz CT molecular complexity index is 364. The minimum absolute atomic E-state index is 0.725. The Hall–Kier alpha value is -0.770. The molecule has 0 aromatic heterocycles. The molecule has 1 heterocycles. The van der Waals surface area contributed by atoms with Gasteiger partial charge in [0.15, 0.2) is 0 Å². The van der Waals surface area contributed by atoms with E-state index in [9.17, 15) is 0 Å². The maximum Gasteiger partial charge on any atom is 0.124 e. The van der Waals surface area contributed by atoms with Crippen LogP contribution in [0, 0.1) is 0 Å². The average Bonchev–Trinajstić information content (AvgIpc) is 2.38. The summed E-state index contributed by atoms with van der Waals surface area (Å²) < 4.78 is 5.32. The third kappa shape index (κ3) is 3.35. The lowest BCUT2D eigenvalue weighted by Gasteiger charge is -2.27. The number of rotatable bonds is 4. The molecule has 4 heteroatoms. The molecule has 0 radical (unpaired) electrons. The molecule has 1 aromatic rings. The first kappa shape index (κ1) is 12.7. The molecule has 0 atom stereocenters. The molecule has 17 heavy (non-hydrogen) atoms. The number of ether oxygens (including phenoxy) is 1. The van der Waals surface area contributed by atoms with Crippen molar-refractivity contribution in [3.05, 3.63) is 28.8 Å². The molecule has 0 saturated carbocycles. The molecule has 1 aromatic carbocycles. The van der Waals surface area contributed by atoms with E-state index in [2.05, 4.69) is 10.4 Å². The monoisotopic (exact) mass is 254 g/mol. The summed E-state index contributed by atoms with van der Waals surface area (Å²) in [7, 11) is 1.68. The van der Waals surface area contributed by atoms with Gasteiger partial charge >= 0.3 is 0 Å². The highest BCUT2D eigenvalue weighted by atomic mass is 35.5. The first-order chi connectivity index (χ1) is 8.31. The van der Waals surface area contributed by atoms with E-state index in [1.54, 1.807) is 7.11 Å². The molecule has 1 fully saturated rings. The minimum atomic E-state index is 0.725. The second kappa shape index (κ2) is 6.24. The summed E-state index contributed by atoms with van der Waals surface area (Å²) in [6.07, 6.45) is 3.88. The van der Waals surface area contributed by atoms with E-state index in [1.807, 2.05) is 18.2 Å². The van der Waals surface area contributed by atoms with Crippen molar-refractivity contribution in [2.24, 2.45) is 0 Å². The van der Waals surface area contributed by atoms with Crippen LogP contribution in [0.15, 0.2) is 18.2 Å². The van der Waals surface area contributed by atoms with Crippen molar-refractivity contribution in [1.29, 1.82) is 0 Å². The fourth-order valence-corrected chi connectivity index (χ4v) is 2.38. The summed E-state index contributed by atoms with van der Waals surface area (Å²) in [4.78, 5) is 0. The number of methoxy groups -OCH3 is 1. The molecule has 3 nitrogen and oxygen atoms in total. The van der Waals surface area contributed by atoms with Gasteiger partial charge in [-0.1, -0.05) is 24.1 Å². The first-order valence-electron chi connectivity index (χ1n) is 6.11. The zero-order chi connectivity index (χ0) is 12.1. The Kier molecular flexibility index (Phi) is 4.66. The maximum absolute atomic E-state index is 6.19. The van der Waals surface area contributed by atoms with Crippen LogP contribution >= 0.6 is 11.6 Å². The quantitative estimate of drug-likeness (QED) is 0.894. The van der Waals surface area contributed by atoms with Crippen LogP contribution in [0.4, 0.5) is 0 Å². The molecule has 0 spiro atoms. The number of benzene rings is 1. The predicted octanol–water partition coefficient (Wildman–Crippen LogP) is 2.84. The molecule has 1 N–H and O–H groups in total. The molecule has 0 aliphatic carbocycles. The van der Waals surface area contributed by atoms with Crippen molar-refractivity contribution >= 4 is 11.6 Å². The van der Waals surface area contributed by atoms with Gasteiger partial charge in [-0.3, -0.25) is 5.43 Å². The van der Waals surface area contributed by atoms with Crippen LogP contribution in [0.25, 0.3) is 0 Å². The lowest BCUT2D eigenvalue weighted by atomic mass is 10.1. The predicted molar refractivity (Wildman–Crippen MR) is 70.3 cm³/mol. The number of hydrogen-bond acceptors (Lipinski definition) is 3. The van der Waals surface area contributed by atoms with Crippen LogP contribution in [0.5, 0.6) is 5.75 Å². The lowest BCUT2D eigenvalue weighted by Crippen LogP contribution is -2.41. The van der Waals surface area contributed by atoms with Gasteiger partial charge in [-0.05, 0) is 25.0 Å². The maximum atomic E-state index is 6.19. The van der Waals surface area contributed by atoms with Gasteiger partial charge in [0.25, 0.3) is 0 Å². The number of piperidine rings is 1. The van der Waals surface area contributed by atoms with Gasteiger partial charge in [0.05, 0.1) is 7.11 Å². The van der Waals surface area contributed by atoms with Crippen LogP contribution < -0.4 is 10.2 Å². The van der Waals surface area contributed by atoms with Crippen molar-refractivity contribution in [2.75, 3.05) is 20.2 Å². The molecule has 1 saturated heterocycles. The molecule has 0 bridgehead atoms. The third-order valence-corrected chi connectivity index (χ3v) is 3.49. The van der Waals surface area contributed by atoms with Crippen LogP contribution in [0.1, 0.15) is 24.8 Å². The van der Waals surface area contributed by atoms with E-state index in [4.69, 9.17) is 16.3 Å². The fraction of sp³-hybridized carbons (Fsp3) is 0.538. The van der Waals surface area contributed by atoms with Crippen LogP contribution in [0.2, 0.25) is 5.02 Å². The second-order valence-corrected chi connectivity index (χ2v) is 4.71. The van der Waals surface area contributed by atoms with Gasteiger partial charge in [0.1, 0.15) is 5.75 Å². The molecule has 2 rings (SSSR count).